The Hall–Kier alpha value is -2.04. The number of nitrogens with zero attached hydrogens (tertiary/aromatic N) is 1. The van der Waals surface area contributed by atoms with Gasteiger partial charge in [-0.3, -0.25) is 4.79 Å². The maximum atomic E-state index is 12.1. The van der Waals surface area contributed by atoms with Gasteiger partial charge in [0.2, 0.25) is 0 Å². The predicted octanol–water partition coefficient (Wildman–Crippen LogP) is 2.60. The molecule has 1 aromatic rings. The maximum absolute atomic E-state index is 12.1. The summed E-state index contributed by atoms with van der Waals surface area (Å²) in [5.41, 5.74) is 0.972. The predicted molar refractivity (Wildman–Crippen MR) is 77.6 cm³/mol. The van der Waals surface area contributed by atoms with Crippen LogP contribution in [0.1, 0.15) is 25.3 Å². The van der Waals surface area contributed by atoms with Gasteiger partial charge in [0.05, 0.1) is 6.61 Å². The fraction of sp³-hybridized carbons (Fsp3) is 0.500. The number of carbonyl (C=O) groups excluding carboxylic acids is 2. The lowest BCUT2D eigenvalue weighted by molar-refractivity contribution is -0.142. The van der Waals surface area contributed by atoms with Crippen LogP contribution in [-0.2, 0) is 20.9 Å². The molecule has 1 fully saturated rings. The summed E-state index contributed by atoms with van der Waals surface area (Å²) in [4.78, 5) is 24.6. The molecule has 1 aromatic carbocycles. The fourth-order valence-corrected chi connectivity index (χ4v) is 2.41. The van der Waals surface area contributed by atoms with Crippen molar-refractivity contribution in [2.24, 2.45) is 5.92 Å². The molecule has 0 radical (unpaired) electrons. The topological polar surface area (TPSA) is 55.8 Å². The van der Waals surface area contributed by atoms with Crippen molar-refractivity contribution in [1.29, 1.82) is 0 Å². The molecular weight excluding hydrogens is 270 g/mol. The first-order chi connectivity index (χ1) is 10.1. The minimum absolute atomic E-state index is 0.201. The Morgan fingerprint density at radius 2 is 2.00 bits per heavy atom. The molecule has 0 aliphatic carbocycles. The fourth-order valence-electron chi connectivity index (χ4n) is 2.41. The minimum atomic E-state index is -0.300. The standard InChI is InChI=1S/C16H21NO4/c1-13(18)20-12-15-8-5-9-17(10-15)16(19)21-11-14-6-3-2-4-7-14/h2-4,6-7,15H,5,8-12H2,1H3/t15-/m0/s1. The molecule has 0 N–H and O–H groups in total. The number of hydrogen-bond acceptors (Lipinski definition) is 4. The number of likely N-dealkylation sites (tertiary alicyclic amines) is 1. The summed E-state index contributed by atoms with van der Waals surface area (Å²) < 4.78 is 10.3. The molecule has 1 aliphatic heterocycles. The Morgan fingerprint density at radius 3 is 2.71 bits per heavy atom. The third-order valence-corrected chi connectivity index (χ3v) is 3.50. The second-order valence-electron chi connectivity index (χ2n) is 5.30. The Kier molecular flexibility index (Phi) is 5.60. The summed E-state index contributed by atoms with van der Waals surface area (Å²) >= 11 is 0. The van der Waals surface area contributed by atoms with Gasteiger partial charge in [0.25, 0.3) is 0 Å². The van der Waals surface area contributed by atoms with E-state index in [1.807, 2.05) is 30.3 Å². The number of ether oxygens (including phenoxy) is 2. The van der Waals surface area contributed by atoms with Crippen molar-refractivity contribution >= 4 is 12.1 Å². The zero-order valence-electron chi connectivity index (χ0n) is 12.3. The summed E-state index contributed by atoms with van der Waals surface area (Å²) in [7, 11) is 0. The van der Waals surface area contributed by atoms with Gasteiger partial charge in [-0.15, -0.1) is 0 Å². The van der Waals surface area contributed by atoms with Crippen LogP contribution in [0.2, 0.25) is 0 Å². The molecule has 0 saturated carbocycles. The first-order valence-corrected chi connectivity index (χ1v) is 7.24. The molecule has 1 saturated heterocycles. The molecule has 5 nitrogen and oxygen atoms in total. The average molecular weight is 291 g/mol. The normalized spacial score (nSPS) is 18.1. The Morgan fingerprint density at radius 1 is 1.24 bits per heavy atom. The van der Waals surface area contributed by atoms with Gasteiger partial charge >= 0.3 is 12.1 Å². The van der Waals surface area contributed by atoms with Crippen molar-refractivity contribution in [2.75, 3.05) is 19.7 Å². The van der Waals surface area contributed by atoms with Gasteiger partial charge in [-0.1, -0.05) is 30.3 Å². The van der Waals surface area contributed by atoms with E-state index in [2.05, 4.69) is 0 Å². The van der Waals surface area contributed by atoms with Crippen LogP contribution < -0.4 is 0 Å². The molecule has 2 rings (SSSR count). The molecule has 1 atom stereocenters. The van der Waals surface area contributed by atoms with Gasteiger partial charge in [0.1, 0.15) is 6.61 Å². The van der Waals surface area contributed by atoms with Crippen LogP contribution in [-0.4, -0.2) is 36.7 Å². The number of hydrogen-bond donors (Lipinski definition) is 0. The summed E-state index contributed by atoms with van der Waals surface area (Å²) in [6, 6.07) is 9.61. The quantitative estimate of drug-likeness (QED) is 0.800. The highest BCUT2D eigenvalue weighted by atomic mass is 16.6. The van der Waals surface area contributed by atoms with Crippen LogP contribution >= 0.6 is 0 Å². The molecule has 1 aliphatic rings. The number of rotatable bonds is 4. The number of piperidine rings is 1. The lowest BCUT2D eigenvalue weighted by atomic mass is 9.99. The molecule has 0 aromatic heterocycles. The zero-order valence-corrected chi connectivity index (χ0v) is 12.3. The lowest BCUT2D eigenvalue weighted by Crippen LogP contribution is -2.41. The van der Waals surface area contributed by atoms with Crippen molar-refractivity contribution in [3.63, 3.8) is 0 Å². The van der Waals surface area contributed by atoms with E-state index in [9.17, 15) is 9.59 Å². The van der Waals surface area contributed by atoms with E-state index in [-0.39, 0.29) is 24.6 Å². The van der Waals surface area contributed by atoms with Crippen LogP contribution in [0.4, 0.5) is 4.79 Å². The maximum Gasteiger partial charge on any atom is 0.410 e. The van der Waals surface area contributed by atoms with Crippen molar-refractivity contribution in [3.05, 3.63) is 35.9 Å². The molecule has 114 valence electrons. The molecule has 1 amide bonds. The van der Waals surface area contributed by atoms with E-state index < -0.39 is 0 Å². The van der Waals surface area contributed by atoms with Gasteiger partial charge < -0.3 is 14.4 Å². The molecule has 5 heteroatoms. The first-order valence-electron chi connectivity index (χ1n) is 7.24. The van der Waals surface area contributed by atoms with Crippen molar-refractivity contribution < 1.29 is 19.1 Å². The minimum Gasteiger partial charge on any atom is -0.466 e. The Balaban J connectivity index is 1.77. The van der Waals surface area contributed by atoms with Crippen molar-refractivity contribution in [1.82, 2.24) is 4.90 Å². The molecule has 0 unspecified atom stereocenters. The van der Waals surface area contributed by atoms with Crippen LogP contribution in [0.5, 0.6) is 0 Å². The number of carbonyl (C=O) groups is 2. The highest BCUT2D eigenvalue weighted by Gasteiger charge is 2.25. The van der Waals surface area contributed by atoms with Gasteiger partial charge in [-0.05, 0) is 18.4 Å². The van der Waals surface area contributed by atoms with Crippen molar-refractivity contribution in [2.45, 2.75) is 26.4 Å². The van der Waals surface area contributed by atoms with E-state index in [0.29, 0.717) is 19.7 Å². The molecule has 21 heavy (non-hydrogen) atoms. The summed E-state index contributed by atoms with van der Waals surface area (Å²) in [5.74, 6) is -0.0781. The second-order valence-corrected chi connectivity index (χ2v) is 5.30. The SMILES string of the molecule is CC(=O)OC[C@H]1CCCN(C(=O)OCc2ccccc2)C1. The Bertz CT molecular complexity index is 474. The van der Waals surface area contributed by atoms with Gasteiger partial charge in [-0.2, -0.15) is 0 Å². The van der Waals surface area contributed by atoms with Crippen LogP contribution in [0.15, 0.2) is 30.3 Å². The molecule has 0 spiro atoms. The second kappa shape index (κ2) is 7.67. The van der Waals surface area contributed by atoms with Gasteiger partial charge in [-0.25, -0.2) is 4.79 Å². The van der Waals surface area contributed by atoms with Gasteiger partial charge in [0, 0.05) is 25.9 Å². The molecule has 1 heterocycles. The lowest BCUT2D eigenvalue weighted by Gasteiger charge is -2.31. The summed E-state index contributed by atoms with van der Waals surface area (Å²) in [6.07, 6.45) is 1.58. The Labute approximate surface area is 124 Å². The highest BCUT2D eigenvalue weighted by molar-refractivity contribution is 5.68. The van der Waals surface area contributed by atoms with Crippen LogP contribution in [0.3, 0.4) is 0 Å². The first kappa shape index (κ1) is 15.4. The van der Waals surface area contributed by atoms with Crippen LogP contribution in [0, 0.1) is 5.92 Å². The third-order valence-electron chi connectivity index (χ3n) is 3.50. The van der Waals surface area contributed by atoms with Gasteiger partial charge in [0.15, 0.2) is 0 Å². The van der Waals surface area contributed by atoms with E-state index in [1.54, 1.807) is 4.90 Å². The van der Waals surface area contributed by atoms with E-state index >= 15 is 0 Å². The number of amides is 1. The van der Waals surface area contributed by atoms with E-state index in [4.69, 9.17) is 9.47 Å². The largest absolute Gasteiger partial charge is 0.466 e. The monoisotopic (exact) mass is 291 g/mol. The van der Waals surface area contributed by atoms with E-state index in [1.165, 1.54) is 6.92 Å². The number of benzene rings is 1. The molecular formula is C16H21NO4. The highest BCUT2D eigenvalue weighted by Crippen LogP contribution is 2.18. The average Bonchev–Trinajstić information content (AvgIpc) is 2.52. The molecule has 0 bridgehead atoms. The smallest absolute Gasteiger partial charge is 0.410 e. The van der Waals surface area contributed by atoms with Crippen LogP contribution in [0.25, 0.3) is 0 Å². The van der Waals surface area contributed by atoms with E-state index in [0.717, 1.165) is 18.4 Å². The van der Waals surface area contributed by atoms with Crippen molar-refractivity contribution in [3.8, 4) is 0 Å². The number of esters is 1. The zero-order chi connectivity index (χ0) is 15.1. The summed E-state index contributed by atoms with van der Waals surface area (Å²) in [5, 5.41) is 0. The summed E-state index contributed by atoms with van der Waals surface area (Å²) in [6.45, 7) is 3.34. The third kappa shape index (κ3) is 5.10.